The van der Waals surface area contributed by atoms with E-state index in [-0.39, 0.29) is 18.6 Å². The van der Waals surface area contributed by atoms with Gasteiger partial charge in [-0.3, -0.25) is 4.79 Å². The van der Waals surface area contributed by atoms with Crippen molar-refractivity contribution in [3.8, 4) is 11.5 Å². The SMILES string of the molecule is COc1ccccc1OCC(=O)N1CCC2(CC1)CNC(=O)O2. The van der Waals surface area contributed by atoms with Gasteiger partial charge in [-0.05, 0) is 12.1 Å². The van der Waals surface area contributed by atoms with E-state index in [1.165, 1.54) is 0 Å². The van der Waals surface area contributed by atoms with Gasteiger partial charge in [-0.25, -0.2) is 4.79 Å². The average Bonchev–Trinajstić information content (AvgIpc) is 2.94. The normalized spacial score (nSPS) is 19.2. The van der Waals surface area contributed by atoms with Crippen molar-refractivity contribution in [1.29, 1.82) is 0 Å². The molecule has 2 saturated heterocycles. The second kappa shape index (κ2) is 6.36. The molecule has 23 heavy (non-hydrogen) atoms. The van der Waals surface area contributed by atoms with Gasteiger partial charge in [0.05, 0.1) is 13.7 Å². The zero-order valence-electron chi connectivity index (χ0n) is 13.0. The zero-order valence-corrected chi connectivity index (χ0v) is 13.0. The van der Waals surface area contributed by atoms with Crippen molar-refractivity contribution < 1.29 is 23.8 Å². The van der Waals surface area contributed by atoms with Crippen LogP contribution in [0.1, 0.15) is 12.8 Å². The fourth-order valence-electron chi connectivity index (χ4n) is 2.91. The summed E-state index contributed by atoms with van der Waals surface area (Å²) in [4.78, 5) is 25.2. The van der Waals surface area contributed by atoms with E-state index in [4.69, 9.17) is 14.2 Å². The first-order valence-electron chi connectivity index (χ1n) is 7.62. The molecular weight excluding hydrogens is 300 g/mol. The van der Waals surface area contributed by atoms with Crippen molar-refractivity contribution in [3.05, 3.63) is 24.3 Å². The van der Waals surface area contributed by atoms with Crippen LogP contribution in [0.4, 0.5) is 4.79 Å². The van der Waals surface area contributed by atoms with Crippen LogP contribution in [-0.4, -0.2) is 55.9 Å². The van der Waals surface area contributed by atoms with E-state index in [1.807, 2.05) is 12.1 Å². The molecule has 0 unspecified atom stereocenters. The van der Waals surface area contributed by atoms with E-state index in [2.05, 4.69) is 5.32 Å². The molecule has 1 spiro atoms. The van der Waals surface area contributed by atoms with Crippen molar-refractivity contribution in [2.75, 3.05) is 33.4 Å². The molecule has 0 bridgehead atoms. The molecule has 0 atom stereocenters. The van der Waals surface area contributed by atoms with E-state index in [0.29, 0.717) is 44.0 Å². The van der Waals surface area contributed by atoms with Crippen LogP contribution in [-0.2, 0) is 9.53 Å². The van der Waals surface area contributed by atoms with Crippen molar-refractivity contribution in [2.45, 2.75) is 18.4 Å². The number of ether oxygens (including phenoxy) is 3. The van der Waals surface area contributed by atoms with Gasteiger partial charge >= 0.3 is 6.09 Å². The number of piperidine rings is 1. The monoisotopic (exact) mass is 320 g/mol. The maximum absolute atomic E-state index is 12.3. The molecule has 2 aliphatic rings. The number of carbonyl (C=O) groups is 2. The molecule has 0 radical (unpaired) electrons. The van der Waals surface area contributed by atoms with Crippen LogP contribution in [0.5, 0.6) is 11.5 Å². The number of amides is 2. The molecule has 7 nitrogen and oxygen atoms in total. The summed E-state index contributed by atoms with van der Waals surface area (Å²) in [6.45, 7) is 1.60. The zero-order chi connectivity index (χ0) is 16.3. The van der Waals surface area contributed by atoms with Crippen LogP contribution in [0.2, 0.25) is 0 Å². The van der Waals surface area contributed by atoms with Gasteiger partial charge in [0.1, 0.15) is 5.60 Å². The Balaban J connectivity index is 1.51. The first-order valence-corrected chi connectivity index (χ1v) is 7.62. The van der Waals surface area contributed by atoms with Crippen molar-refractivity contribution in [2.24, 2.45) is 0 Å². The predicted molar refractivity (Wildman–Crippen MR) is 81.5 cm³/mol. The van der Waals surface area contributed by atoms with E-state index in [9.17, 15) is 9.59 Å². The Morgan fingerprint density at radius 3 is 2.61 bits per heavy atom. The third kappa shape index (κ3) is 3.33. The van der Waals surface area contributed by atoms with Gasteiger partial charge < -0.3 is 24.4 Å². The topological polar surface area (TPSA) is 77.1 Å². The van der Waals surface area contributed by atoms with Gasteiger partial charge in [0.25, 0.3) is 5.91 Å². The highest BCUT2D eigenvalue weighted by Crippen LogP contribution is 2.29. The Morgan fingerprint density at radius 1 is 1.30 bits per heavy atom. The fraction of sp³-hybridized carbons (Fsp3) is 0.500. The van der Waals surface area contributed by atoms with E-state index >= 15 is 0 Å². The summed E-state index contributed by atoms with van der Waals surface area (Å²) < 4.78 is 16.1. The number of para-hydroxylation sites is 2. The van der Waals surface area contributed by atoms with Gasteiger partial charge in [-0.15, -0.1) is 0 Å². The Morgan fingerprint density at radius 2 is 2.00 bits per heavy atom. The fourth-order valence-corrected chi connectivity index (χ4v) is 2.91. The van der Waals surface area contributed by atoms with E-state index in [0.717, 1.165) is 0 Å². The largest absolute Gasteiger partial charge is 0.493 e. The van der Waals surface area contributed by atoms with Crippen LogP contribution in [0, 0.1) is 0 Å². The minimum atomic E-state index is -0.447. The summed E-state index contributed by atoms with van der Waals surface area (Å²) in [5.41, 5.74) is -0.447. The molecule has 124 valence electrons. The molecule has 2 fully saturated rings. The summed E-state index contributed by atoms with van der Waals surface area (Å²) in [5.74, 6) is 1.07. The number of carbonyl (C=O) groups excluding carboxylic acids is 2. The molecule has 7 heteroatoms. The minimum absolute atomic E-state index is 0.0363. The van der Waals surface area contributed by atoms with Crippen molar-refractivity contribution in [3.63, 3.8) is 0 Å². The Labute approximate surface area is 134 Å². The van der Waals surface area contributed by atoms with E-state index < -0.39 is 5.60 Å². The number of likely N-dealkylation sites (tertiary alicyclic amines) is 1. The number of hydrogen-bond acceptors (Lipinski definition) is 5. The number of hydrogen-bond donors (Lipinski definition) is 1. The van der Waals surface area contributed by atoms with Crippen molar-refractivity contribution >= 4 is 12.0 Å². The van der Waals surface area contributed by atoms with Gasteiger partial charge in [0.15, 0.2) is 18.1 Å². The molecule has 0 saturated carbocycles. The highest BCUT2D eigenvalue weighted by atomic mass is 16.6. The van der Waals surface area contributed by atoms with Gasteiger partial charge in [0.2, 0.25) is 0 Å². The Kier molecular flexibility index (Phi) is 4.27. The summed E-state index contributed by atoms with van der Waals surface area (Å²) >= 11 is 0. The number of alkyl carbamates (subject to hydrolysis) is 1. The highest BCUT2D eigenvalue weighted by molar-refractivity contribution is 5.78. The smallest absolute Gasteiger partial charge is 0.407 e. The lowest BCUT2D eigenvalue weighted by Crippen LogP contribution is -2.49. The van der Waals surface area contributed by atoms with Crippen LogP contribution < -0.4 is 14.8 Å². The lowest BCUT2D eigenvalue weighted by molar-refractivity contribution is -0.136. The number of benzene rings is 1. The van der Waals surface area contributed by atoms with Crippen LogP contribution in [0.15, 0.2) is 24.3 Å². The molecule has 1 N–H and O–H groups in total. The van der Waals surface area contributed by atoms with Crippen LogP contribution in [0.25, 0.3) is 0 Å². The van der Waals surface area contributed by atoms with E-state index in [1.54, 1.807) is 24.1 Å². The quantitative estimate of drug-likeness (QED) is 0.901. The first kappa shape index (κ1) is 15.5. The highest BCUT2D eigenvalue weighted by Gasteiger charge is 2.43. The second-order valence-electron chi connectivity index (χ2n) is 5.75. The van der Waals surface area contributed by atoms with Crippen LogP contribution >= 0.6 is 0 Å². The third-order valence-corrected chi connectivity index (χ3v) is 4.31. The lowest BCUT2D eigenvalue weighted by atomic mass is 9.91. The standard InChI is InChI=1S/C16H20N2O5/c1-21-12-4-2-3-5-13(12)22-10-14(19)18-8-6-16(7-9-18)11-17-15(20)23-16/h2-5H,6-11H2,1H3,(H,17,20). The Hall–Kier alpha value is -2.44. The number of nitrogens with one attached hydrogen (secondary N) is 1. The lowest BCUT2D eigenvalue weighted by Gasteiger charge is -2.37. The van der Waals surface area contributed by atoms with Crippen molar-refractivity contribution in [1.82, 2.24) is 10.2 Å². The minimum Gasteiger partial charge on any atom is -0.493 e. The molecule has 2 heterocycles. The maximum atomic E-state index is 12.3. The van der Waals surface area contributed by atoms with Crippen LogP contribution in [0.3, 0.4) is 0 Å². The molecular formula is C16H20N2O5. The summed E-state index contributed by atoms with van der Waals surface area (Å²) in [7, 11) is 1.56. The molecule has 1 aromatic rings. The average molecular weight is 320 g/mol. The summed E-state index contributed by atoms with van der Waals surface area (Å²) in [6.07, 6.45) is 0.919. The van der Waals surface area contributed by atoms with Gasteiger partial charge in [0, 0.05) is 25.9 Å². The summed E-state index contributed by atoms with van der Waals surface area (Å²) in [5, 5.41) is 2.68. The molecule has 0 aromatic heterocycles. The predicted octanol–water partition coefficient (Wildman–Crippen LogP) is 1.18. The summed E-state index contributed by atoms with van der Waals surface area (Å²) in [6, 6.07) is 7.22. The molecule has 3 rings (SSSR count). The molecule has 0 aliphatic carbocycles. The maximum Gasteiger partial charge on any atom is 0.407 e. The molecule has 2 aliphatic heterocycles. The third-order valence-electron chi connectivity index (χ3n) is 4.31. The van der Waals surface area contributed by atoms with Gasteiger partial charge in [-0.1, -0.05) is 12.1 Å². The Bertz CT molecular complexity index is 596. The second-order valence-corrected chi connectivity index (χ2v) is 5.75. The molecule has 1 aromatic carbocycles. The number of methoxy groups -OCH3 is 1. The molecule has 2 amide bonds. The number of nitrogens with zero attached hydrogens (tertiary/aromatic N) is 1. The number of rotatable bonds is 4. The first-order chi connectivity index (χ1) is 11.1. The van der Waals surface area contributed by atoms with Gasteiger partial charge in [-0.2, -0.15) is 0 Å².